The summed E-state index contributed by atoms with van der Waals surface area (Å²) < 4.78 is 9.75. The zero-order chi connectivity index (χ0) is 12.0. The zero-order valence-electron chi connectivity index (χ0n) is 8.71. The fraction of sp³-hybridized carbons (Fsp3) is 0.300. The van der Waals surface area contributed by atoms with Gasteiger partial charge in [-0.3, -0.25) is 10.1 Å². The number of rotatable bonds is 5. The molecule has 0 aliphatic carbocycles. The fourth-order valence-electron chi connectivity index (χ4n) is 1.13. The minimum absolute atomic E-state index is 0.0311. The molecule has 1 aromatic rings. The molecule has 0 spiro atoms. The third-order valence-electron chi connectivity index (χ3n) is 1.84. The van der Waals surface area contributed by atoms with Crippen LogP contribution in [0.1, 0.15) is 5.56 Å². The Bertz CT molecular complexity index is 391. The van der Waals surface area contributed by atoms with E-state index in [2.05, 4.69) is 0 Å². The van der Waals surface area contributed by atoms with Crippen molar-refractivity contribution >= 4 is 5.97 Å². The molecule has 0 N–H and O–H groups in total. The molecule has 0 heterocycles. The zero-order valence-corrected chi connectivity index (χ0v) is 8.71. The average molecular weight is 225 g/mol. The number of para-hydroxylation sites is 1. The first-order chi connectivity index (χ1) is 7.63. The van der Waals surface area contributed by atoms with Crippen molar-refractivity contribution in [2.75, 3.05) is 13.7 Å². The second-order valence-electron chi connectivity index (χ2n) is 2.96. The molecule has 1 rings (SSSR count). The van der Waals surface area contributed by atoms with Crippen LogP contribution in [0.15, 0.2) is 24.3 Å². The van der Waals surface area contributed by atoms with Gasteiger partial charge in [-0.05, 0) is 6.07 Å². The lowest BCUT2D eigenvalue weighted by Gasteiger charge is -2.07. The third kappa shape index (κ3) is 3.56. The van der Waals surface area contributed by atoms with Gasteiger partial charge in [0.1, 0.15) is 12.4 Å². The van der Waals surface area contributed by atoms with E-state index < -0.39 is 17.4 Å². The number of ether oxygens (including phenoxy) is 2. The topological polar surface area (TPSA) is 78.7 Å². The second-order valence-corrected chi connectivity index (χ2v) is 2.96. The van der Waals surface area contributed by atoms with Crippen LogP contribution >= 0.6 is 0 Å². The van der Waals surface area contributed by atoms with Crippen molar-refractivity contribution in [3.05, 3.63) is 39.9 Å². The number of nitro groups is 1. The van der Waals surface area contributed by atoms with E-state index in [0.717, 1.165) is 0 Å². The lowest BCUT2D eigenvalue weighted by Crippen LogP contribution is -2.16. The number of methoxy groups -OCH3 is 1. The highest BCUT2D eigenvalue weighted by atomic mass is 16.6. The predicted octanol–water partition coefficient (Wildman–Crippen LogP) is 1.02. The molecule has 16 heavy (non-hydrogen) atoms. The Morgan fingerprint density at radius 3 is 2.75 bits per heavy atom. The summed E-state index contributed by atoms with van der Waals surface area (Å²) in [6.45, 7) is -0.855. The van der Waals surface area contributed by atoms with Crippen LogP contribution in [-0.4, -0.2) is 24.5 Å². The van der Waals surface area contributed by atoms with Gasteiger partial charge in [-0.15, -0.1) is 0 Å². The van der Waals surface area contributed by atoms with Gasteiger partial charge in [-0.2, -0.15) is 0 Å². The van der Waals surface area contributed by atoms with Crippen molar-refractivity contribution in [3.63, 3.8) is 0 Å². The average Bonchev–Trinajstić information content (AvgIpc) is 2.26. The fourth-order valence-corrected chi connectivity index (χ4v) is 1.13. The summed E-state index contributed by atoms with van der Waals surface area (Å²) in [5.41, 5.74) is 0.668. The van der Waals surface area contributed by atoms with Crippen LogP contribution in [0, 0.1) is 10.1 Å². The molecule has 0 aliphatic heterocycles. The van der Waals surface area contributed by atoms with Crippen LogP contribution in [0.4, 0.5) is 0 Å². The number of nitrogens with zero attached hydrogens (tertiary/aromatic N) is 1. The highest BCUT2D eigenvalue weighted by molar-refractivity contribution is 5.70. The molecule has 6 nitrogen and oxygen atoms in total. The predicted molar refractivity (Wildman–Crippen MR) is 54.7 cm³/mol. The molecule has 0 fully saturated rings. The van der Waals surface area contributed by atoms with E-state index in [9.17, 15) is 14.9 Å². The minimum Gasteiger partial charge on any atom is -0.496 e. The molecule has 0 aromatic heterocycles. The molecule has 0 radical (unpaired) electrons. The Morgan fingerprint density at radius 2 is 2.12 bits per heavy atom. The van der Waals surface area contributed by atoms with Crippen molar-refractivity contribution in [1.29, 1.82) is 0 Å². The van der Waals surface area contributed by atoms with Crippen molar-refractivity contribution in [2.24, 2.45) is 0 Å². The molecule has 1 aromatic carbocycles. The maximum Gasteiger partial charge on any atom is 0.378 e. The monoisotopic (exact) mass is 225 g/mol. The summed E-state index contributed by atoms with van der Waals surface area (Å²) in [5, 5.41) is 10.0. The summed E-state index contributed by atoms with van der Waals surface area (Å²) in [4.78, 5) is 20.2. The van der Waals surface area contributed by atoms with Crippen molar-refractivity contribution in [1.82, 2.24) is 0 Å². The number of hydrogen-bond acceptors (Lipinski definition) is 5. The smallest absolute Gasteiger partial charge is 0.378 e. The Balaban J connectivity index is 2.54. The maximum atomic E-state index is 10.9. The second kappa shape index (κ2) is 5.69. The van der Waals surface area contributed by atoms with Gasteiger partial charge in [0.2, 0.25) is 0 Å². The third-order valence-corrected chi connectivity index (χ3v) is 1.84. The number of hydrogen-bond donors (Lipinski definition) is 0. The van der Waals surface area contributed by atoms with E-state index in [0.29, 0.717) is 11.3 Å². The Morgan fingerprint density at radius 1 is 1.44 bits per heavy atom. The van der Waals surface area contributed by atoms with Gasteiger partial charge in [0.25, 0.3) is 6.54 Å². The van der Waals surface area contributed by atoms with Gasteiger partial charge >= 0.3 is 5.97 Å². The quantitative estimate of drug-likeness (QED) is 0.424. The summed E-state index contributed by atoms with van der Waals surface area (Å²) in [6.07, 6.45) is 0. The van der Waals surface area contributed by atoms with E-state index in [1.807, 2.05) is 0 Å². The van der Waals surface area contributed by atoms with E-state index in [4.69, 9.17) is 9.47 Å². The van der Waals surface area contributed by atoms with Crippen molar-refractivity contribution < 1.29 is 19.2 Å². The SMILES string of the molecule is COc1ccccc1COC(=O)C[N+](=O)[O-]. The summed E-state index contributed by atoms with van der Waals surface area (Å²) in [5.74, 6) is -0.285. The van der Waals surface area contributed by atoms with Crippen LogP contribution in [-0.2, 0) is 16.1 Å². The van der Waals surface area contributed by atoms with Crippen LogP contribution < -0.4 is 4.74 Å². The van der Waals surface area contributed by atoms with E-state index in [1.54, 1.807) is 24.3 Å². The molecule has 0 atom stereocenters. The van der Waals surface area contributed by atoms with Gasteiger partial charge < -0.3 is 9.47 Å². The molecule has 0 bridgehead atoms. The number of carbonyl (C=O) groups excluding carboxylic acids is 1. The summed E-state index contributed by atoms with van der Waals surface area (Å²) in [7, 11) is 1.50. The maximum absolute atomic E-state index is 10.9. The molecule has 6 heteroatoms. The highest BCUT2D eigenvalue weighted by Crippen LogP contribution is 2.17. The Hall–Kier alpha value is -2.11. The van der Waals surface area contributed by atoms with Crippen molar-refractivity contribution in [2.45, 2.75) is 6.61 Å². The molecular formula is C10H11NO5. The van der Waals surface area contributed by atoms with Gasteiger partial charge in [-0.1, -0.05) is 18.2 Å². The molecule has 0 saturated heterocycles. The van der Waals surface area contributed by atoms with Crippen LogP contribution in [0.25, 0.3) is 0 Å². The largest absolute Gasteiger partial charge is 0.496 e. The normalized spacial score (nSPS) is 9.56. The van der Waals surface area contributed by atoms with Gasteiger partial charge in [0.15, 0.2) is 0 Å². The first-order valence-electron chi connectivity index (χ1n) is 4.53. The molecule has 0 unspecified atom stereocenters. The molecule has 0 amide bonds. The van der Waals surface area contributed by atoms with Crippen LogP contribution in [0.3, 0.4) is 0 Å². The first kappa shape index (κ1) is 12.0. The van der Waals surface area contributed by atoms with Gasteiger partial charge in [0, 0.05) is 10.5 Å². The van der Waals surface area contributed by atoms with Crippen LogP contribution in [0.2, 0.25) is 0 Å². The Labute approximate surface area is 91.9 Å². The van der Waals surface area contributed by atoms with E-state index >= 15 is 0 Å². The van der Waals surface area contributed by atoms with Gasteiger partial charge in [-0.25, -0.2) is 4.79 Å². The van der Waals surface area contributed by atoms with Crippen LogP contribution in [0.5, 0.6) is 5.75 Å². The summed E-state index contributed by atoms with van der Waals surface area (Å²) in [6, 6.07) is 6.98. The number of carbonyl (C=O) groups is 1. The number of esters is 1. The Kier molecular flexibility index (Phi) is 4.26. The number of benzene rings is 1. The standard InChI is InChI=1S/C10H11NO5/c1-15-9-5-3-2-4-8(9)7-16-10(12)6-11(13)14/h2-5H,6-7H2,1H3. The molecule has 0 aliphatic rings. The minimum atomic E-state index is -0.865. The van der Waals surface area contributed by atoms with Crippen molar-refractivity contribution in [3.8, 4) is 5.75 Å². The van der Waals surface area contributed by atoms with E-state index in [-0.39, 0.29) is 6.61 Å². The lowest BCUT2D eigenvalue weighted by molar-refractivity contribution is -0.470. The first-order valence-corrected chi connectivity index (χ1v) is 4.53. The molecular weight excluding hydrogens is 214 g/mol. The molecule has 86 valence electrons. The van der Waals surface area contributed by atoms with E-state index in [1.165, 1.54) is 7.11 Å². The molecule has 0 saturated carbocycles. The highest BCUT2D eigenvalue weighted by Gasteiger charge is 2.12. The van der Waals surface area contributed by atoms with Gasteiger partial charge in [0.05, 0.1) is 7.11 Å². The lowest BCUT2D eigenvalue weighted by atomic mass is 10.2. The summed E-state index contributed by atoms with van der Waals surface area (Å²) >= 11 is 0.